The van der Waals surface area contributed by atoms with Crippen LogP contribution in [0, 0.1) is 0 Å². The Morgan fingerprint density at radius 1 is 0.875 bits per heavy atom. The van der Waals surface area contributed by atoms with Gasteiger partial charge in [-0.25, -0.2) is 9.36 Å². The highest BCUT2D eigenvalue weighted by molar-refractivity contribution is 5.90. The molecule has 9 heteroatoms. The largest absolute Gasteiger partial charge is 0.503 e. The average molecular weight is 332 g/mol. The number of rotatable bonds is 3. The van der Waals surface area contributed by atoms with Crippen molar-refractivity contribution in [3.63, 3.8) is 0 Å². The second-order valence-corrected chi connectivity index (χ2v) is 4.82. The molecule has 0 amide bonds. The lowest BCUT2D eigenvalue weighted by Gasteiger charge is -2.10. The van der Waals surface area contributed by atoms with Crippen LogP contribution in [0.1, 0.15) is 10.4 Å². The number of aromatic hydroxyl groups is 5. The van der Waals surface area contributed by atoms with Crippen LogP contribution in [0.15, 0.2) is 42.5 Å². The highest BCUT2D eigenvalue weighted by Gasteiger charge is 2.18. The van der Waals surface area contributed by atoms with Gasteiger partial charge in [-0.3, -0.25) is 0 Å². The number of hydrogen-bond donors (Lipinski definition) is 5. The fourth-order valence-corrected chi connectivity index (χ4v) is 2.13. The van der Waals surface area contributed by atoms with Gasteiger partial charge in [0.2, 0.25) is 23.5 Å². The molecule has 0 fully saturated rings. The molecular formula is C15H12N2O7. The van der Waals surface area contributed by atoms with Gasteiger partial charge in [0.1, 0.15) is 0 Å². The van der Waals surface area contributed by atoms with E-state index in [2.05, 4.69) is 0 Å². The molecule has 0 aliphatic carbocycles. The van der Waals surface area contributed by atoms with E-state index in [1.807, 2.05) is 0 Å². The van der Waals surface area contributed by atoms with E-state index in [-0.39, 0.29) is 11.3 Å². The van der Waals surface area contributed by atoms with Gasteiger partial charge in [0.25, 0.3) is 0 Å². The molecule has 1 aromatic carbocycles. The van der Waals surface area contributed by atoms with E-state index >= 15 is 0 Å². The van der Waals surface area contributed by atoms with Gasteiger partial charge in [0, 0.05) is 18.2 Å². The van der Waals surface area contributed by atoms with Crippen LogP contribution in [0.3, 0.4) is 0 Å². The van der Waals surface area contributed by atoms with Crippen LogP contribution < -0.4 is 4.84 Å². The summed E-state index contributed by atoms with van der Waals surface area (Å²) in [6.07, 6.45) is 0. The molecule has 0 saturated carbocycles. The Balaban J connectivity index is 1.95. The number of hydrogen-bond acceptors (Lipinski definition) is 7. The monoisotopic (exact) mass is 332 g/mol. The van der Waals surface area contributed by atoms with Gasteiger partial charge in [0.15, 0.2) is 5.75 Å². The van der Waals surface area contributed by atoms with E-state index in [0.717, 1.165) is 22.8 Å². The Bertz CT molecular complexity index is 907. The molecule has 24 heavy (non-hydrogen) atoms. The summed E-state index contributed by atoms with van der Waals surface area (Å²) in [7, 11) is 0. The van der Waals surface area contributed by atoms with Gasteiger partial charge in [-0.2, -0.15) is 0 Å². The van der Waals surface area contributed by atoms with Crippen molar-refractivity contribution in [2.75, 3.05) is 0 Å². The first kappa shape index (κ1) is 15.2. The Morgan fingerprint density at radius 3 is 2.12 bits per heavy atom. The summed E-state index contributed by atoms with van der Waals surface area (Å²) in [5.41, 5.74) is 0.188. The molecule has 0 radical (unpaired) electrons. The smallest absolute Gasteiger partial charge is 0.364 e. The van der Waals surface area contributed by atoms with Gasteiger partial charge >= 0.3 is 5.97 Å². The van der Waals surface area contributed by atoms with Gasteiger partial charge in [0.05, 0.1) is 11.3 Å². The topological polar surface area (TPSA) is 137 Å². The zero-order valence-electron chi connectivity index (χ0n) is 12.0. The minimum atomic E-state index is -0.908. The lowest BCUT2D eigenvalue weighted by molar-refractivity contribution is 0.0381. The van der Waals surface area contributed by atoms with Crippen LogP contribution in [-0.4, -0.2) is 40.8 Å². The van der Waals surface area contributed by atoms with Gasteiger partial charge in [-0.1, -0.05) is 6.07 Å². The Morgan fingerprint density at radius 2 is 1.54 bits per heavy atom. The van der Waals surface area contributed by atoms with Crippen LogP contribution in [-0.2, 0) is 0 Å². The van der Waals surface area contributed by atoms with Crippen LogP contribution in [0.25, 0.3) is 5.69 Å². The molecule has 3 rings (SSSR count). The molecule has 0 aliphatic rings. The van der Waals surface area contributed by atoms with Crippen molar-refractivity contribution in [1.82, 2.24) is 9.30 Å². The molecule has 9 nitrogen and oxygen atoms in total. The predicted molar refractivity (Wildman–Crippen MR) is 79.4 cm³/mol. The molecule has 2 aromatic heterocycles. The van der Waals surface area contributed by atoms with E-state index in [9.17, 15) is 30.3 Å². The summed E-state index contributed by atoms with van der Waals surface area (Å²) in [6, 6.07) is 8.81. The van der Waals surface area contributed by atoms with Crippen molar-refractivity contribution in [3.8, 4) is 35.0 Å². The summed E-state index contributed by atoms with van der Waals surface area (Å²) >= 11 is 0. The number of carbonyl (C=O) groups excluding carboxylic acids is 1. The van der Waals surface area contributed by atoms with Crippen molar-refractivity contribution in [2.24, 2.45) is 0 Å². The van der Waals surface area contributed by atoms with E-state index in [4.69, 9.17) is 4.84 Å². The predicted octanol–water partition coefficient (Wildman–Crippen LogP) is 1.08. The van der Waals surface area contributed by atoms with Crippen molar-refractivity contribution >= 4 is 5.97 Å². The standard InChI is InChI=1S/C15H12N2O7/c18-10-7-13(21)16(14(10)22)9-3-1-2-8(6-9)15(23)24-17-11(19)4-5-12(17)20/h1-7,18-22H. The van der Waals surface area contributed by atoms with Gasteiger partial charge in [-0.15, -0.1) is 4.73 Å². The molecule has 124 valence electrons. The third-order valence-electron chi connectivity index (χ3n) is 3.25. The molecule has 2 heterocycles. The molecule has 0 saturated heterocycles. The number of nitrogens with zero attached hydrogens (tertiary/aromatic N) is 2. The van der Waals surface area contributed by atoms with E-state index in [0.29, 0.717) is 4.73 Å². The van der Waals surface area contributed by atoms with Crippen molar-refractivity contribution in [1.29, 1.82) is 0 Å². The maximum absolute atomic E-state index is 12.1. The second-order valence-electron chi connectivity index (χ2n) is 4.82. The van der Waals surface area contributed by atoms with Crippen LogP contribution in [0.4, 0.5) is 0 Å². The lowest BCUT2D eigenvalue weighted by Crippen LogP contribution is -2.19. The van der Waals surface area contributed by atoms with Gasteiger partial charge < -0.3 is 30.4 Å². The Hall–Kier alpha value is -3.75. The zero-order valence-corrected chi connectivity index (χ0v) is 12.0. The van der Waals surface area contributed by atoms with Gasteiger partial charge in [-0.05, 0) is 18.2 Å². The molecular weight excluding hydrogens is 320 g/mol. The first-order valence-electron chi connectivity index (χ1n) is 6.64. The fraction of sp³-hybridized carbons (Fsp3) is 0. The molecule has 5 N–H and O–H groups in total. The number of aromatic nitrogens is 2. The summed E-state index contributed by atoms with van der Waals surface area (Å²) in [5.74, 6) is -3.41. The summed E-state index contributed by atoms with van der Waals surface area (Å²) in [4.78, 5) is 17.0. The van der Waals surface area contributed by atoms with Crippen LogP contribution in [0.5, 0.6) is 29.3 Å². The first-order valence-corrected chi connectivity index (χ1v) is 6.64. The second kappa shape index (κ2) is 5.47. The van der Waals surface area contributed by atoms with Crippen molar-refractivity contribution < 1.29 is 35.2 Å². The van der Waals surface area contributed by atoms with Crippen LogP contribution in [0.2, 0.25) is 0 Å². The highest BCUT2D eigenvalue weighted by Crippen LogP contribution is 2.36. The lowest BCUT2D eigenvalue weighted by atomic mass is 10.2. The van der Waals surface area contributed by atoms with Crippen LogP contribution >= 0.6 is 0 Å². The SMILES string of the molecule is O=C(On1c(O)ccc1O)c1cccc(-n2c(O)cc(O)c2O)c1. The maximum atomic E-state index is 12.1. The van der Waals surface area contributed by atoms with E-state index in [1.165, 1.54) is 24.3 Å². The quantitative estimate of drug-likeness (QED) is 0.484. The molecule has 0 spiro atoms. The highest BCUT2D eigenvalue weighted by atomic mass is 16.7. The van der Waals surface area contributed by atoms with Crippen molar-refractivity contribution in [2.45, 2.75) is 0 Å². The number of benzene rings is 1. The Kier molecular flexibility index (Phi) is 3.45. The molecule has 0 bridgehead atoms. The first-order chi connectivity index (χ1) is 11.4. The molecule has 0 atom stereocenters. The minimum absolute atomic E-state index is 0.00647. The van der Waals surface area contributed by atoms with Crippen molar-refractivity contribution in [3.05, 3.63) is 48.0 Å². The summed E-state index contributed by atoms with van der Waals surface area (Å²) < 4.78 is 1.45. The average Bonchev–Trinajstić information content (AvgIpc) is 3.00. The molecule has 0 unspecified atom stereocenters. The third-order valence-corrected chi connectivity index (χ3v) is 3.25. The third kappa shape index (κ3) is 2.43. The minimum Gasteiger partial charge on any atom is -0.503 e. The molecule has 3 aromatic rings. The fourth-order valence-electron chi connectivity index (χ4n) is 2.13. The Labute approximate surface area is 134 Å². The summed E-state index contributed by atoms with van der Waals surface area (Å²) in [5, 5.41) is 47.8. The normalized spacial score (nSPS) is 10.7. The molecule has 0 aliphatic heterocycles. The van der Waals surface area contributed by atoms with E-state index in [1.54, 1.807) is 0 Å². The maximum Gasteiger partial charge on any atom is 0.364 e. The summed E-state index contributed by atoms with van der Waals surface area (Å²) in [6.45, 7) is 0. The zero-order chi connectivity index (χ0) is 17.4. The number of carbonyl (C=O) groups is 1. The van der Waals surface area contributed by atoms with E-state index < -0.39 is 35.2 Å².